The number of carboxylic acids is 1. The van der Waals surface area contributed by atoms with E-state index in [1.807, 2.05) is 6.92 Å². The molecule has 10 nitrogen and oxygen atoms in total. The van der Waals surface area contributed by atoms with Gasteiger partial charge in [-0.2, -0.15) is 4.98 Å². The molecule has 24 heavy (non-hydrogen) atoms. The summed E-state index contributed by atoms with van der Waals surface area (Å²) in [6.07, 6.45) is 0.374. The molecule has 1 aliphatic rings. The first-order valence-electron chi connectivity index (χ1n) is 7.41. The lowest BCUT2D eigenvalue weighted by Crippen LogP contribution is -2.55. The lowest BCUT2D eigenvalue weighted by atomic mass is 9.73. The Morgan fingerprint density at radius 3 is 2.71 bits per heavy atom. The van der Waals surface area contributed by atoms with Gasteiger partial charge in [-0.1, -0.05) is 13.3 Å². The Labute approximate surface area is 137 Å². The highest BCUT2D eigenvalue weighted by atomic mass is 16.4. The molecule has 0 aliphatic carbocycles. The molecule has 0 aromatic carbocycles. The predicted molar refractivity (Wildman–Crippen MR) is 85.8 cm³/mol. The number of nitrogens with two attached hydrogens (primary N) is 1. The topological polar surface area (TPSA) is 170 Å². The van der Waals surface area contributed by atoms with Crippen LogP contribution in [-0.4, -0.2) is 56.9 Å². The maximum absolute atomic E-state index is 11.6. The molecule has 0 amide bonds. The number of β-amino-alcohol motifs (C(OH)–C–C–N with tert-alkyl or cyclic N) is 1. The molecular weight excluding hydrogens is 320 g/mol. The number of aliphatic hydroxyl groups is 1. The highest BCUT2D eigenvalue weighted by molar-refractivity contribution is 5.76. The standard InChI is InChI=1S/C13H20N4O4.CH2O2/c1-2-3-13(11(20)21)4-5-17(7-8(13)18)9-6-10(19)16-12(14)15-9;2-1-3/h6,8,18H,2-5,7H2,1H3,(H,20,21)(H3,14,15,16,19);1H,(H,2,3)/t8-,13-;/m0./s1. The molecule has 0 radical (unpaired) electrons. The van der Waals surface area contributed by atoms with E-state index < -0.39 is 17.5 Å². The zero-order valence-electron chi connectivity index (χ0n) is 13.3. The van der Waals surface area contributed by atoms with Crippen molar-refractivity contribution < 1.29 is 24.9 Å². The third-order valence-electron chi connectivity index (χ3n) is 4.05. The number of carboxylic acid groups (broad SMARTS) is 2. The van der Waals surface area contributed by atoms with Gasteiger partial charge in [0, 0.05) is 19.2 Å². The lowest BCUT2D eigenvalue weighted by molar-refractivity contribution is -0.159. The molecule has 1 aliphatic heterocycles. The summed E-state index contributed by atoms with van der Waals surface area (Å²) in [6.45, 7) is 2.16. The van der Waals surface area contributed by atoms with Gasteiger partial charge in [0.2, 0.25) is 5.95 Å². The van der Waals surface area contributed by atoms with Gasteiger partial charge >= 0.3 is 5.97 Å². The van der Waals surface area contributed by atoms with Crippen LogP contribution in [0, 0.1) is 5.41 Å². The minimum atomic E-state index is -1.13. The quantitative estimate of drug-likeness (QED) is 0.452. The van der Waals surface area contributed by atoms with Crippen LogP contribution in [0.2, 0.25) is 0 Å². The minimum absolute atomic E-state index is 0.00406. The molecule has 0 unspecified atom stereocenters. The first-order valence-corrected chi connectivity index (χ1v) is 7.41. The molecule has 2 atom stereocenters. The maximum atomic E-state index is 11.6. The van der Waals surface area contributed by atoms with Crippen molar-refractivity contribution in [1.82, 2.24) is 9.97 Å². The number of H-pyrrole nitrogens is 1. The van der Waals surface area contributed by atoms with Gasteiger partial charge in [0.25, 0.3) is 12.0 Å². The monoisotopic (exact) mass is 342 g/mol. The Morgan fingerprint density at radius 1 is 1.62 bits per heavy atom. The van der Waals surface area contributed by atoms with Gasteiger partial charge in [0.1, 0.15) is 5.82 Å². The molecule has 1 aromatic rings. The van der Waals surface area contributed by atoms with Crippen LogP contribution in [0.1, 0.15) is 26.2 Å². The van der Waals surface area contributed by atoms with Crippen LogP contribution in [0.4, 0.5) is 11.8 Å². The van der Waals surface area contributed by atoms with Gasteiger partial charge in [0.05, 0.1) is 11.5 Å². The van der Waals surface area contributed by atoms with Gasteiger partial charge in [-0.05, 0) is 12.8 Å². The normalized spacial score (nSPS) is 23.1. The van der Waals surface area contributed by atoms with Crippen molar-refractivity contribution in [2.24, 2.45) is 5.41 Å². The molecule has 1 aromatic heterocycles. The minimum Gasteiger partial charge on any atom is -0.483 e. The van der Waals surface area contributed by atoms with Gasteiger partial charge in [0.15, 0.2) is 0 Å². The molecule has 1 fully saturated rings. The summed E-state index contributed by atoms with van der Waals surface area (Å²) in [5.41, 5.74) is 3.99. The largest absolute Gasteiger partial charge is 0.483 e. The number of anilines is 2. The van der Waals surface area contributed by atoms with Crippen molar-refractivity contribution in [3.8, 4) is 0 Å². The number of piperidine rings is 1. The van der Waals surface area contributed by atoms with E-state index >= 15 is 0 Å². The summed E-state index contributed by atoms with van der Waals surface area (Å²) >= 11 is 0. The smallest absolute Gasteiger partial charge is 0.312 e. The first kappa shape index (κ1) is 19.4. The van der Waals surface area contributed by atoms with Crippen molar-refractivity contribution in [2.45, 2.75) is 32.3 Å². The van der Waals surface area contributed by atoms with Crippen LogP contribution in [0.25, 0.3) is 0 Å². The summed E-state index contributed by atoms with van der Waals surface area (Å²) < 4.78 is 0. The van der Waals surface area contributed by atoms with Gasteiger partial charge in [-0.3, -0.25) is 19.4 Å². The third kappa shape index (κ3) is 4.22. The van der Waals surface area contributed by atoms with E-state index in [0.29, 0.717) is 31.6 Å². The number of nitrogens with one attached hydrogen (secondary N) is 1. The van der Waals surface area contributed by atoms with Crippen molar-refractivity contribution in [2.75, 3.05) is 23.7 Å². The number of carbonyl (C=O) groups is 2. The van der Waals surface area contributed by atoms with Crippen molar-refractivity contribution in [1.29, 1.82) is 0 Å². The SMILES string of the molecule is CCC[C@]1(C(=O)O)CCN(c2cc(=O)[nH]c(N)n2)C[C@@H]1O.O=CO. The Hall–Kier alpha value is -2.62. The molecule has 2 rings (SSSR count). The summed E-state index contributed by atoms with van der Waals surface area (Å²) in [4.78, 5) is 39.4. The van der Waals surface area contributed by atoms with Crippen LogP contribution in [0.3, 0.4) is 0 Å². The van der Waals surface area contributed by atoms with Gasteiger partial charge in [-0.25, -0.2) is 0 Å². The van der Waals surface area contributed by atoms with Crippen LogP contribution in [0.5, 0.6) is 0 Å². The number of aliphatic hydroxyl groups excluding tert-OH is 1. The van der Waals surface area contributed by atoms with Crippen molar-refractivity contribution >= 4 is 24.2 Å². The second kappa shape index (κ2) is 8.29. The predicted octanol–water partition coefficient (Wildman–Crippen LogP) is -0.505. The Kier molecular flexibility index (Phi) is 6.71. The van der Waals surface area contributed by atoms with Crippen LogP contribution < -0.4 is 16.2 Å². The van der Waals surface area contributed by atoms with Crippen LogP contribution >= 0.6 is 0 Å². The van der Waals surface area contributed by atoms with Crippen molar-refractivity contribution in [3.05, 3.63) is 16.4 Å². The fourth-order valence-electron chi connectivity index (χ4n) is 2.90. The molecule has 0 bridgehead atoms. The molecule has 2 heterocycles. The second-order valence-electron chi connectivity index (χ2n) is 5.52. The molecular formula is C14H22N4O6. The molecule has 6 N–H and O–H groups in total. The van der Waals surface area contributed by atoms with E-state index in [1.165, 1.54) is 6.07 Å². The number of hydrogen-bond acceptors (Lipinski definition) is 7. The fourth-order valence-corrected chi connectivity index (χ4v) is 2.90. The Balaban J connectivity index is 0.000000891. The maximum Gasteiger partial charge on any atom is 0.312 e. The summed E-state index contributed by atoms with van der Waals surface area (Å²) in [6, 6.07) is 1.29. The molecule has 1 saturated heterocycles. The average molecular weight is 342 g/mol. The Morgan fingerprint density at radius 2 is 2.25 bits per heavy atom. The van der Waals surface area contributed by atoms with E-state index in [0.717, 1.165) is 0 Å². The van der Waals surface area contributed by atoms with Crippen LogP contribution in [0.15, 0.2) is 10.9 Å². The fraction of sp³-hybridized carbons (Fsp3) is 0.571. The highest BCUT2D eigenvalue weighted by Gasteiger charge is 2.48. The number of aromatic nitrogens is 2. The highest BCUT2D eigenvalue weighted by Crippen LogP contribution is 2.37. The van der Waals surface area contributed by atoms with E-state index in [2.05, 4.69) is 9.97 Å². The third-order valence-corrected chi connectivity index (χ3v) is 4.05. The van der Waals surface area contributed by atoms with E-state index in [4.69, 9.17) is 15.6 Å². The lowest BCUT2D eigenvalue weighted by Gasteiger charge is -2.43. The zero-order chi connectivity index (χ0) is 18.3. The van der Waals surface area contributed by atoms with Crippen LogP contribution in [-0.2, 0) is 9.59 Å². The molecule has 134 valence electrons. The second-order valence-corrected chi connectivity index (χ2v) is 5.52. The van der Waals surface area contributed by atoms with Crippen molar-refractivity contribution in [3.63, 3.8) is 0 Å². The summed E-state index contributed by atoms with van der Waals surface area (Å²) in [5.74, 6) is -0.628. The zero-order valence-corrected chi connectivity index (χ0v) is 13.3. The summed E-state index contributed by atoms with van der Waals surface area (Å²) in [7, 11) is 0. The number of nitrogens with zero attached hydrogens (tertiary/aromatic N) is 2. The Bertz CT molecular complexity index is 634. The molecule has 0 spiro atoms. The molecule has 10 heteroatoms. The van der Waals surface area contributed by atoms with E-state index in [1.54, 1.807) is 4.90 Å². The molecule has 0 saturated carbocycles. The number of aromatic amines is 1. The summed E-state index contributed by atoms with van der Waals surface area (Å²) in [5, 5.41) is 26.7. The van der Waals surface area contributed by atoms with Gasteiger partial charge in [-0.15, -0.1) is 0 Å². The number of aliphatic carboxylic acids is 1. The van der Waals surface area contributed by atoms with E-state index in [-0.39, 0.29) is 24.5 Å². The average Bonchev–Trinajstić information content (AvgIpc) is 2.49. The number of nitrogen functional groups attached to an aromatic ring is 1. The van der Waals surface area contributed by atoms with Gasteiger partial charge < -0.3 is 26.0 Å². The number of hydrogen-bond donors (Lipinski definition) is 5. The first-order chi connectivity index (χ1) is 11.3. The number of rotatable bonds is 4. The van der Waals surface area contributed by atoms with E-state index in [9.17, 15) is 19.8 Å².